The van der Waals surface area contributed by atoms with E-state index in [1.165, 1.54) is 0 Å². The number of methoxy groups -OCH3 is 1. The summed E-state index contributed by atoms with van der Waals surface area (Å²) in [6, 6.07) is 0.0752. The van der Waals surface area contributed by atoms with E-state index in [0.29, 0.717) is 26.0 Å². The van der Waals surface area contributed by atoms with Crippen molar-refractivity contribution in [1.82, 2.24) is 10.2 Å². The third-order valence-electron chi connectivity index (χ3n) is 3.58. The maximum atomic E-state index is 12.4. The number of hydrogen-bond acceptors (Lipinski definition) is 3. The summed E-state index contributed by atoms with van der Waals surface area (Å²) >= 11 is 0. The van der Waals surface area contributed by atoms with Gasteiger partial charge in [-0.3, -0.25) is 4.79 Å². The van der Waals surface area contributed by atoms with Crippen LogP contribution in [0.15, 0.2) is 0 Å². The van der Waals surface area contributed by atoms with E-state index in [0.717, 1.165) is 12.8 Å². The highest BCUT2D eigenvalue weighted by Crippen LogP contribution is 2.10. The molecule has 0 aliphatic heterocycles. The normalized spacial score (nSPS) is 12.2. The molecule has 6 heteroatoms. The number of urea groups is 1. The van der Waals surface area contributed by atoms with Crippen molar-refractivity contribution in [3.05, 3.63) is 0 Å². The molecule has 0 heterocycles. The van der Waals surface area contributed by atoms with Crippen LogP contribution < -0.4 is 5.32 Å². The number of ether oxygens (including phenoxy) is 1. The number of aliphatic carboxylic acids is 1. The predicted octanol–water partition coefficient (Wildman–Crippen LogP) is 2.48. The molecule has 21 heavy (non-hydrogen) atoms. The van der Waals surface area contributed by atoms with Crippen LogP contribution in [-0.4, -0.2) is 54.4 Å². The molecular formula is C15H30N2O4. The molecule has 2 N–H and O–H groups in total. The number of carbonyl (C=O) groups excluding carboxylic acids is 1. The molecule has 0 aliphatic rings. The molecule has 0 rings (SSSR count). The zero-order valence-corrected chi connectivity index (χ0v) is 13.7. The number of nitrogens with one attached hydrogen (secondary N) is 1. The van der Waals surface area contributed by atoms with Crippen LogP contribution in [0.4, 0.5) is 4.79 Å². The zero-order valence-electron chi connectivity index (χ0n) is 13.7. The second-order valence-electron chi connectivity index (χ2n) is 5.29. The maximum Gasteiger partial charge on any atom is 0.317 e. The highest BCUT2D eigenvalue weighted by atomic mass is 16.5. The molecule has 6 nitrogen and oxygen atoms in total. The van der Waals surface area contributed by atoms with E-state index in [4.69, 9.17) is 9.84 Å². The van der Waals surface area contributed by atoms with Crippen molar-refractivity contribution in [2.45, 2.75) is 65.0 Å². The Labute approximate surface area is 127 Å². The summed E-state index contributed by atoms with van der Waals surface area (Å²) in [7, 11) is 1.62. The Balaban J connectivity index is 4.40. The Morgan fingerprint density at radius 3 is 2.38 bits per heavy atom. The molecule has 0 spiro atoms. The van der Waals surface area contributed by atoms with Gasteiger partial charge in [-0.2, -0.15) is 0 Å². The van der Waals surface area contributed by atoms with Gasteiger partial charge in [0, 0.05) is 32.2 Å². The van der Waals surface area contributed by atoms with Crippen molar-refractivity contribution in [2.75, 3.05) is 20.3 Å². The number of amides is 2. The first kappa shape index (κ1) is 19.7. The van der Waals surface area contributed by atoms with Gasteiger partial charge in [0.1, 0.15) is 0 Å². The van der Waals surface area contributed by atoms with Crippen molar-refractivity contribution in [2.24, 2.45) is 0 Å². The Kier molecular flexibility index (Phi) is 10.7. The number of rotatable bonds is 11. The minimum Gasteiger partial charge on any atom is -0.481 e. The van der Waals surface area contributed by atoms with E-state index in [1.807, 2.05) is 11.8 Å². The standard InChI is InChI=1S/C15H30N2O4/c1-5-13(6-2)17(10-11-21-4)15(20)16-12(3)8-7-9-14(18)19/h12-13H,5-11H2,1-4H3,(H,16,20)(H,18,19). The summed E-state index contributed by atoms with van der Waals surface area (Å²) < 4.78 is 5.07. The number of carboxylic acid groups (broad SMARTS) is 1. The summed E-state index contributed by atoms with van der Waals surface area (Å²) in [6.07, 6.45) is 3.18. The lowest BCUT2D eigenvalue weighted by Gasteiger charge is -2.31. The molecule has 1 atom stereocenters. The first-order chi connectivity index (χ1) is 9.96. The average Bonchev–Trinajstić information content (AvgIpc) is 2.42. The smallest absolute Gasteiger partial charge is 0.317 e. The highest BCUT2D eigenvalue weighted by Gasteiger charge is 2.21. The van der Waals surface area contributed by atoms with Crippen molar-refractivity contribution in [3.8, 4) is 0 Å². The Morgan fingerprint density at radius 1 is 1.29 bits per heavy atom. The van der Waals surface area contributed by atoms with Gasteiger partial charge < -0.3 is 20.1 Å². The first-order valence-electron chi connectivity index (χ1n) is 7.74. The minimum atomic E-state index is -0.799. The summed E-state index contributed by atoms with van der Waals surface area (Å²) in [4.78, 5) is 24.7. The van der Waals surface area contributed by atoms with E-state index in [2.05, 4.69) is 19.2 Å². The predicted molar refractivity (Wildman–Crippen MR) is 82.4 cm³/mol. The van der Waals surface area contributed by atoms with Crippen LogP contribution in [0.1, 0.15) is 52.9 Å². The summed E-state index contributed by atoms with van der Waals surface area (Å²) in [5, 5.41) is 11.6. The minimum absolute atomic E-state index is 0.0312. The van der Waals surface area contributed by atoms with Crippen molar-refractivity contribution in [1.29, 1.82) is 0 Å². The summed E-state index contributed by atoms with van der Waals surface area (Å²) in [6.45, 7) is 7.12. The van der Waals surface area contributed by atoms with Crippen molar-refractivity contribution in [3.63, 3.8) is 0 Å². The molecule has 1 unspecified atom stereocenters. The van der Waals surface area contributed by atoms with Gasteiger partial charge in [-0.05, 0) is 32.6 Å². The van der Waals surface area contributed by atoms with E-state index >= 15 is 0 Å². The number of carbonyl (C=O) groups is 2. The molecular weight excluding hydrogens is 272 g/mol. The molecule has 0 saturated heterocycles. The fourth-order valence-corrected chi connectivity index (χ4v) is 2.29. The first-order valence-corrected chi connectivity index (χ1v) is 7.74. The van der Waals surface area contributed by atoms with Gasteiger partial charge in [-0.1, -0.05) is 13.8 Å². The second kappa shape index (κ2) is 11.4. The molecule has 0 fully saturated rings. The largest absolute Gasteiger partial charge is 0.481 e. The van der Waals surface area contributed by atoms with E-state index in [-0.39, 0.29) is 24.5 Å². The van der Waals surface area contributed by atoms with E-state index < -0.39 is 5.97 Å². The van der Waals surface area contributed by atoms with Gasteiger partial charge in [0.2, 0.25) is 0 Å². The van der Waals surface area contributed by atoms with Gasteiger partial charge in [0.15, 0.2) is 0 Å². The van der Waals surface area contributed by atoms with Crippen LogP contribution in [0.2, 0.25) is 0 Å². The van der Waals surface area contributed by atoms with Crippen LogP contribution in [0.25, 0.3) is 0 Å². The molecule has 0 aromatic heterocycles. The number of carboxylic acids is 1. The van der Waals surface area contributed by atoms with Crippen molar-refractivity contribution >= 4 is 12.0 Å². The Morgan fingerprint density at radius 2 is 1.90 bits per heavy atom. The van der Waals surface area contributed by atoms with Gasteiger partial charge in [0.25, 0.3) is 0 Å². The SMILES string of the molecule is CCC(CC)N(CCOC)C(=O)NC(C)CCCC(=O)O. The average molecular weight is 302 g/mol. The van der Waals surface area contributed by atoms with Crippen molar-refractivity contribution < 1.29 is 19.4 Å². The van der Waals surface area contributed by atoms with Gasteiger partial charge >= 0.3 is 12.0 Å². The molecule has 124 valence electrons. The monoisotopic (exact) mass is 302 g/mol. The lowest BCUT2D eigenvalue weighted by molar-refractivity contribution is -0.137. The molecule has 0 saturated carbocycles. The summed E-state index contributed by atoms with van der Waals surface area (Å²) in [5.41, 5.74) is 0. The Hall–Kier alpha value is -1.30. The zero-order chi connectivity index (χ0) is 16.3. The number of hydrogen-bond donors (Lipinski definition) is 2. The fourth-order valence-electron chi connectivity index (χ4n) is 2.29. The molecule has 0 bridgehead atoms. The summed E-state index contributed by atoms with van der Waals surface area (Å²) in [5.74, 6) is -0.799. The maximum absolute atomic E-state index is 12.4. The fraction of sp³-hybridized carbons (Fsp3) is 0.867. The highest BCUT2D eigenvalue weighted by molar-refractivity contribution is 5.74. The van der Waals surface area contributed by atoms with Gasteiger partial charge in [-0.25, -0.2) is 4.79 Å². The third kappa shape index (κ3) is 8.55. The molecule has 0 aliphatic carbocycles. The third-order valence-corrected chi connectivity index (χ3v) is 3.58. The molecule has 2 amide bonds. The van der Waals surface area contributed by atoms with Crippen LogP contribution >= 0.6 is 0 Å². The topological polar surface area (TPSA) is 78.9 Å². The quantitative estimate of drug-likeness (QED) is 0.614. The Bertz CT molecular complexity index is 306. The second-order valence-corrected chi connectivity index (χ2v) is 5.29. The number of nitrogens with zero attached hydrogens (tertiary/aromatic N) is 1. The van der Waals surface area contributed by atoms with E-state index in [9.17, 15) is 9.59 Å². The lowest BCUT2D eigenvalue weighted by Crippen LogP contribution is -2.49. The van der Waals surface area contributed by atoms with Crippen LogP contribution in [0, 0.1) is 0 Å². The molecule has 0 aromatic rings. The van der Waals surface area contributed by atoms with Crippen LogP contribution in [0.5, 0.6) is 0 Å². The van der Waals surface area contributed by atoms with Crippen LogP contribution in [0.3, 0.4) is 0 Å². The molecule has 0 radical (unpaired) electrons. The van der Waals surface area contributed by atoms with E-state index in [1.54, 1.807) is 7.11 Å². The molecule has 0 aromatic carbocycles. The van der Waals surface area contributed by atoms with Gasteiger partial charge in [-0.15, -0.1) is 0 Å². The van der Waals surface area contributed by atoms with Gasteiger partial charge in [0.05, 0.1) is 6.61 Å². The lowest BCUT2D eigenvalue weighted by atomic mass is 10.1. The van der Waals surface area contributed by atoms with Crippen LogP contribution in [-0.2, 0) is 9.53 Å².